The molecule has 4 heteroatoms. The van der Waals surface area contributed by atoms with E-state index in [1.165, 1.54) is 18.4 Å². The van der Waals surface area contributed by atoms with Crippen molar-refractivity contribution in [3.8, 4) is 0 Å². The van der Waals surface area contributed by atoms with Crippen molar-refractivity contribution >= 4 is 5.91 Å². The van der Waals surface area contributed by atoms with E-state index in [4.69, 9.17) is 4.74 Å². The number of rotatable bonds is 6. The van der Waals surface area contributed by atoms with Crippen molar-refractivity contribution in [2.45, 2.75) is 25.5 Å². The van der Waals surface area contributed by atoms with E-state index in [0.717, 1.165) is 38.3 Å². The SMILES string of the molecule is O=C(c1ccccc1)N1C[C@H]2CC[C@@H](C1)N(CCOCc1ccccc1)C2. The van der Waals surface area contributed by atoms with Gasteiger partial charge >= 0.3 is 0 Å². The third kappa shape index (κ3) is 4.57. The zero-order chi connectivity index (χ0) is 18.5. The number of hydrogen-bond donors (Lipinski definition) is 0. The average molecular weight is 364 g/mol. The van der Waals surface area contributed by atoms with Gasteiger partial charge in [0.05, 0.1) is 13.2 Å². The van der Waals surface area contributed by atoms with Crippen LogP contribution in [0.2, 0.25) is 0 Å². The predicted molar refractivity (Wildman–Crippen MR) is 107 cm³/mol. The van der Waals surface area contributed by atoms with E-state index in [1.807, 2.05) is 48.5 Å². The Kier molecular flexibility index (Phi) is 5.85. The van der Waals surface area contributed by atoms with Crippen LogP contribution in [-0.2, 0) is 11.3 Å². The highest BCUT2D eigenvalue weighted by Crippen LogP contribution is 2.28. The van der Waals surface area contributed by atoms with E-state index in [2.05, 4.69) is 21.9 Å². The quantitative estimate of drug-likeness (QED) is 0.736. The van der Waals surface area contributed by atoms with Crippen LogP contribution < -0.4 is 0 Å². The molecule has 3 fully saturated rings. The Balaban J connectivity index is 1.31. The van der Waals surface area contributed by atoms with Crippen LogP contribution in [0.5, 0.6) is 0 Å². The Labute approximate surface area is 161 Å². The Morgan fingerprint density at radius 3 is 2.44 bits per heavy atom. The second kappa shape index (κ2) is 8.68. The first-order chi connectivity index (χ1) is 13.3. The second-order valence-electron chi connectivity index (χ2n) is 7.71. The lowest BCUT2D eigenvalue weighted by molar-refractivity contribution is 0.0573. The van der Waals surface area contributed by atoms with E-state index in [0.29, 0.717) is 18.6 Å². The molecule has 2 atom stereocenters. The van der Waals surface area contributed by atoms with Crippen molar-refractivity contribution in [2.24, 2.45) is 5.92 Å². The highest BCUT2D eigenvalue weighted by atomic mass is 16.5. The van der Waals surface area contributed by atoms with E-state index < -0.39 is 0 Å². The summed E-state index contributed by atoms with van der Waals surface area (Å²) in [6.45, 7) is 5.15. The molecule has 1 amide bonds. The van der Waals surface area contributed by atoms with Gasteiger partial charge in [-0.25, -0.2) is 0 Å². The highest BCUT2D eigenvalue weighted by Gasteiger charge is 2.36. The van der Waals surface area contributed by atoms with Crippen molar-refractivity contribution in [2.75, 3.05) is 32.8 Å². The molecule has 2 aromatic rings. The molecule has 2 bridgehead atoms. The number of ether oxygens (including phenoxy) is 1. The largest absolute Gasteiger partial charge is 0.375 e. The van der Waals surface area contributed by atoms with Gasteiger partial charge in [-0.15, -0.1) is 0 Å². The van der Waals surface area contributed by atoms with Crippen molar-refractivity contribution < 1.29 is 9.53 Å². The van der Waals surface area contributed by atoms with Gasteiger partial charge in [-0.2, -0.15) is 0 Å². The van der Waals surface area contributed by atoms with E-state index in [-0.39, 0.29) is 5.91 Å². The minimum atomic E-state index is 0.176. The lowest BCUT2D eigenvalue weighted by Crippen LogP contribution is -2.45. The minimum absolute atomic E-state index is 0.176. The van der Waals surface area contributed by atoms with Crippen LogP contribution in [0, 0.1) is 5.92 Å². The molecule has 0 radical (unpaired) electrons. The van der Waals surface area contributed by atoms with E-state index in [1.54, 1.807) is 0 Å². The first-order valence-electron chi connectivity index (χ1n) is 9.99. The summed E-state index contributed by atoms with van der Waals surface area (Å²) >= 11 is 0. The van der Waals surface area contributed by atoms with Crippen molar-refractivity contribution in [3.63, 3.8) is 0 Å². The van der Waals surface area contributed by atoms with Gasteiger partial charge in [0.25, 0.3) is 5.91 Å². The average Bonchev–Trinajstić information content (AvgIpc) is 3.04. The van der Waals surface area contributed by atoms with Gasteiger partial charge in [0.2, 0.25) is 0 Å². The summed E-state index contributed by atoms with van der Waals surface area (Å²) in [5, 5.41) is 0. The summed E-state index contributed by atoms with van der Waals surface area (Å²) in [5.41, 5.74) is 2.02. The van der Waals surface area contributed by atoms with Crippen LogP contribution in [0.4, 0.5) is 0 Å². The van der Waals surface area contributed by atoms with Crippen LogP contribution in [0.25, 0.3) is 0 Å². The molecular weight excluding hydrogens is 336 g/mol. The topological polar surface area (TPSA) is 32.8 Å². The lowest BCUT2D eigenvalue weighted by Gasteiger charge is -2.35. The number of carbonyl (C=O) groups excluding carboxylic acids is 1. The molecule has 0 aromatic heterocycles. The van der Waals surface area contributed by atoms with Gasteiger partial charge in [0.15, 0.2) is 0 Å². The van der Waals surface area contributed by atoms with Gasteiger partial charge in [-0.05, 0) is 36.5 Å². The third-order valence-electron chi connectivity index (χ3n) is 5.77. The standard InChI is InChI=1S/C23H28N2O2/c26-23(21-9-5-2-6-10-21)25-16-20-11-12-22(17-25)24(15-20)13-14-27-18-19-7-3-1-4-8-19/h1-10,20,22H,11-18H2/t20-,22-/m0/s1. The van der Waals surface area contributed by atoms with Crippen LogP contribution >= 0.6 is 0 Å². The highest BCUT2D eigenvalue weighted by molar-refractivity contribution is 5.94. The summed E-state index contributed by atoms with van der Waals surface area (Å²) in [6.07, 6.45) is 2.41. The van der Waals surface area contributed by atoms with Gasteiger partial charge in [-0.3, -0.25) is 9.69 Å². The normalized spacial score (nSPS) is 22.6. The minimum Gasteiger partial charge on any atom is -0.375 e. The van der Waals surface area contributed by atoms with Crippen molar-refractivity contribution in [3.05, 3.63) is 71.8 Å². The van der Waals surface area contributed by atoms with Crippen LogP contribution in [0.1, 0.15) is 28.8 Å². The zero-order valence-corrected chi connectivity index (χ0v) is 15.8. The molecule has 0 saturated carbocycles. The molecule has 2 aromatic carbocycles. The number of carbonyl (C=O) groups is 1. The number of fused-ring (bicyclic) bond motifs is 4. The molecule has 142 valence electrons. The predicted octanol–water partition coefficient (Wildman–Crippen LogP) is 3.44. The molecule has 0 aliphatic carbocycles. The van der Waals surface area contributed by atoms with Gasteiger partial charge < -0.3 is 9.64 Å². The van der Waals surface area contributed by atoms with E-state index >= 15 is 0 Å². The maximum absolute atomic E-state index is 12.9. The number of amides is 1. The Bertz CT molecular complexity index is 735. The summed E-state index contributed by atoms with van der Waals surface area (Å²) in [4.78, 5) is 17.5. The molecule has 4 nitrogen and oxygen atoms in total. The van der Waals surface area contributed by atoms with Crippen LogP contribution in [-0.4, -0.2) is 54.5 Å². The Morgan fingerprint density at radius 2 is 1.67 bits per heavy atom. The van der Waals surface area contributed by atoms with Crippen LogP contribution in [0.3, 0.4) is 0 Å². The number of nitrogens with zero attached hydrogens (tertiary/aromatic N) is 2. The number of benzene rings is 2. The fourth-order valence-electron chi connectivity index (χ4n) is 4.33. The first-order valence-corrected chi connectivity index (χ1v) is 9.99. The monoisotopic (exact) mass is 364 g/mol. The molecule has 0 spiro atoms. The number of hydrogen-bond acceptors (Lipinski definition) is 3. The summed E-state index contributed by atoms with van der Waals surface area (Å²) in [6, 6.07) is 20.5. The fourth-order valence-corrected chi connectivity index (χ4v) is 4.33. The molecule has 3 saturated heterocycles. The maximum atomic E-state index is 12.9. The Morgan fingerprint density at radius 1 is 0.926 bits per heavy atom. The van der Waals surface area contributed by atoms with E-state index in [9.17, 15) is 4.79 Å². The Hall–Kier alpha value is -2.17. The number of piperidine rings is 1. The summed E-state index contributed by atoms with van der Waals surface area (Å²) in [7, 11) is 0. The molecule has 5 rings (SSSR count). The molecule has 3 heterocycles. The third-order valence-corrected chi connectivity index (χ3v) is 5.77. The summed E-state index contributed by atoms with van der Waals surface area (Å²) < 4.78 is 5.89. The van der Waals surface area contributed by atoms with Crippen LogP contribution in [0.15, 0.2) is 60.7 Å². The first kappa shape index (κ1) is 18.2. The molecular formula is C23H28N2O2. The summed E-state index contributed by atoms with van der Waals surface area (Å²) in [5.74, 6) is 0.750. The molecule has 0 unspecified atom stereocenters. The molecule has 27 heavy (non-hydrogen) atoms. The van der Waals surface area contributed by atoms with Crippen molar-refractivity contribution in [1.82, 2.24) is 9.80 Å². The smallest absolute Gasteiger partial charge is 0.253 e. The van der Waals surface area contributed by atoms with Gasteiger partial charge in [-0.1, -0.05) is 48.5 Å². The molecule has 3 aliphatic heterocycles. The van der Waals surface area contributed by atoms with Gasteiger partial charge in [0, 0.05) is 37.8 Å². The lowest BCUT2D eigenvalue weighted by atomic mass is 9.95. The zero-order valence-electron chi connectivity index (χ0n) is 15.8. The molecule has 3 aliphatic rings. The van der Waals surface area contributed by atoms with Gasteiger partial charge in [0.1, 0.15) is 0 Å². The van der Waals surface area contributed by atoms with Crippen molar-refractivity contribution in [1.29, 1.82) is 0 Å². The fraction of sp³-hybridized carbons (Fsp3) is 0.435. The molecule has 0 N–H and O–H groups in total. The second-order valence-corrected chi connectivity index (χ2v) is 7.71. The maximum Gasteiger partial charge on any atom is 0.253 e.